The van der Waals surface area contributed by atoms with E-state index in [0.29, 0.717) is 36.5 Å². The summed E-state index contributed by atoms with van der Waals surface area (Å²) >= 11 is 5.99. The first kappa shape index (κ1) is 23.9. The van der Waals surface area contributed by atoms with Crippen LogP contribution in [0.15, 0.2) is 42.6 Å². The predicted molar refractivity (Wildman–Crippen MR) is 126 cm³/mol. The van der Waals surface area contributed by atoms with Crippen molar-refractivity contribution in [3.8, 4) is 16.9 Å². The molecule has 1 N–H and O–H groups in total. The van der Waals surface area contributed by atoms with Crippen molar-refractivity contribution in [3.63, 3.8) is 0 Å². The second-order valence-electron chi connectivity index (χ2n) is 8.32. The van der Waals surface area contributed by atoms with E-state index in [0.717, 1.165) is 41.9 Å². The molecular formula is C25H24ClF2N3O3. The number of rotatable bonds is 9. The molecule has 6 nitrogen and oxygen atoms in total. The highest BCUT2D eigenvalue weighted by atomic mass is 35.5. The second-order valence-corrected chi connectivity index (χ2v) is 8.66. The number of aromatic nitrogens is 2. The van der Waals surface area contributed by atoms with Crippen LogP contribution < -0.4 is 9.64 Å². The topological polar surface area (TPSA) is 75.5 Å². The molecule has 9 heteroatoms. The van der Waals surface area contributed by atoms with Gasteiger partial charge in [-0.05, 0) is 77.7 Å². The molecule has 0 aliphatic heterocycles. The van der Waals surface area contributed by atoms with Gasteiger partial charge in [0.1, 0.15) is 11.6 Å². The number of carboxylic acids is 1. The van der Waals surface area contributed by atoms with E-state index in [-0.39, 0.29) is 17.6 Å². The van der Waals surface area contributed by atoms with Gasteiger partial charge >= 0.3 is 5.97 Å². The Bertz CT molecular complexity index is 1210. The Morgan fingerprint density at radius 3 is 2.82 bits per heavy atom. The van der Waals surface area contributed by atoms with Crippen molar-refractivity contribution in [3.05, 3.63) is 70.6 Å². The third-order valence-electron chi connectivity index (χ3n) is 5.98. The second kappa shape index (κ2) is 10.3. The number of carbonyl (C=O) groups is 1. The van der Waals surface area contributed by atoms with E-state index in [1.54, 1.807) is 0 Å². The molecule has 0 spiro atoms. The highest BCUT2D eigenvalue weighted by Crippen LogP contribution is 2.37. The van der Waals surface area contributed by atoms with Crippen molar-refractivity contribution in [1.82, 2.24) is 9.97 Å². The van der Waals surface area contributed by atoms with Gasteiger partial charge in [-0.15, -0.1) is 0 Å². The van der Waals surface area contributed by atoms with Gasteiger partial charge in [-0.1, -0.05) is 12.1 Å². The summed E-state index contributed by atoms with van der Waals surface area (Å²) in [5.41, 5.74) is 3.24. The van der Waals surface area contributed by atoms with E-state index in [2.05, 4.69) is 9.97 Å². The molecule has 0 fully saturated rings. The summed E-state index contributed by atoms with van der Waals surface area (Å²) in [6.07, 6.45) is 4.02. The number of benzene rings is 2. The zero-order valence-corrected chi connectivity index (χ0v) is 19.4. The predicted octanol–water partition coefficient (Wildman–Crippen LogP) is 5.49. The highest BCUT2D eigenvalue weighted by molar-refractivity contribution is 6.28. The minimum atomic E-state index is -0.946. The molecule has 2 aromatic carbocycles. The molecule has 0 amide bonds. The van der Waals surface area contributed by atoms with Gasteiger partial charge in [-0.25, -0.2) is 13.8 Å². The summed E-state index contributed by atoms with van der Waals surface area (Å²) in [6.45, 7) is 1.04. The molecule has 0 bridgehead atoms. The van der Waals surface area contributed by atoms with Gasteiger partial charge in [0.05, 0.1) is 13.0 Å². The summed E-state index contributed by atoms with van der Waals surface area (Å²) in [4.78, 5) is 21.2. The number of aryl methyl sites for hydroxylation is 1. The SMILES string of the molecule is CN(CCCOc1ccc2c(c1)CC[C@H]2CC(=O)O)c1nc(Cl)ncc1-c1ccc(F)c(F)c1. The lowest BCUT2D eigenvalue weighted by atomic mass is 9.98. The van der Waals surface area contributed by atoms with Crippen LogP contribution in [0, 0.1) is 11.6 Å². The monoisotopic (exact) mass is 487 g/mol. The molecule has 178 valence electrons. The van der Waals surface area contributed by atoms with Crippen LogP contribution in [0.4, 0.5) is 14.6 Å². The van der Waals surface area contributed by atoms with Crippen LogP contribution >= 0.6 is 11.6 Å². The van der Waals surface area contributed by atoms with E-state index in [9.17, 15) is 13.6 Å². The first-order valence-corrected chi connectivity index (χ1v) is 11.4. The van der Waals surface area contributed by atoms with E-state index < -0.39 is 17.6 Å². The van der Waals surface area contributed by atoms with Crippen molar-refractivity contribution >= 4 is 23.4 Å². The number of fused-ring (bicyclic) bond motifs is 1. The molecule has 1 aliphatic carbocycles. The summed E-state index contributed by atoms with van der Waals surface area (Å²) in [7, 11) is 1.83. The van der Waals surface area contributed by atoms with Gasteiger partial charge in [0.2, 0.25) is 5.28 Å². The molecule has 1 heterocycles. The largest absolute Gasteiger partial charge is 0.494 e. The molecule has 0 unspecified atom stereocenters. The molecule has 4 rings (SSSR count). The molecule has 3 aromatic rings. The number of halogens is 3. The van der Waals surface area contributed by atoms with Crippen LogP contribution in [0.3, 0.4) is 0 Å². The van der Waals surface area contributed by atoms with Crippen molar-refractivity contribution in [2.75, 3.05) is 25.1 Å². The lowest BCUT2D eigenvalue weighted by molar-refractivity contribution is -0.137. The number of nitrogens with zero attached hydrogens (tertiary/aromatic N) is 3. The summed E-state index contributed by atoms with van der Waals surface area (Å²) in [5, 5.41) is 9.13. The molecule has 34 heavy (non-hydrogen) atoms. The van der Waals surface area contributed by atoms with Gasteiger partial charge in [0, 0.05) is 25.4 Å². The van der Waals surface area contributed by atoms with Crippen LogP contribution in [-0.4, -0.2) is 41.2 Å². The van der Waals surface area contributed by atoms with E-state index in [4.69, 9.17) is 21.4 Å². The minimum absolute atomic E-state index is 0.0591. The van der Waals surface area contributed by atoms with Crippen molar-refractivity contribution in [2.45, 2.75) is 31.6 Å². The number of carboxylic acid groups (broad SMARTS) is 1. The Morgan fingerprint density at radius 1 is 1.24 bits per heavy atom. The van der Waals surface area contributed by atoms with Crippen LogP contribution in [0.1, 0.15) is 36.3 Å². The fourth-order valence-electron chi connectivity index (χ4n) is 4.30. The number of ether oxygens (including phenoxy) is 1. The lowest BCUT2D eigenvalue weighted by Gasteiger charge is -2.21. The average Bonchev–Trinajstić information content (AvgIpc) is 3.19. The van der Waals surface area contributed by atoms with Gasteiger partial charge in [-0.2, -0.15) is 4.98 Å². The highest BCUT2D eigenvalue weighted by Gasteiger charge is 2.25. The summed E-state index contributed by atoms with van der Waals surface area (Å²) in [5.74, 6) is -1.32. The van der Waals surface area contributed by atoms with E-state index in [1.807, 2.05) is 30.1 Å². The maximum absolute atomic E-state index is 13.7. The zero-order chi connectivity index (χ0) is 24.2. The van der Waals surface area contributed by atoms with Crippen molar-refractivity contribution < 1.29 is 23.4 Å². The maximum Gasteiger partial charge on any atom is 0.303 e. The van der Waals surface area contributed by atoms with Gasteiger partial charge in [0.15, 0.2) is 11.6 Å². The number of hydrogen-bond donors (Lipinski definition) is 1. The van der Waals surface area contributed by atoms with Crippen molar-refractivity contribution in [1.29, 1.82) is 0 Å². The Hall–Kier alpha value is -3.26. The number of hydrogen-bond acceptors (Lipinski definition) is 5. The van der Waals surface area contributed by atoms with Crippen LogP contribution in [0.5, 0.6) is 5.75 Å². The lowest BCUT2D eigenvalue weighted by Crippen LogP contribution is -2.22. The third-order valence-corrected chi connectivity index (χ3v) is 6.16. The van der Waals surface area contributed by atoms with Crippen LogP contribution in [0.25, 0.3) is 11.1 Å². The molecule has 1 atom stereocenters. The molecular weight excluding hydrogens is 464 g/mol. The maximum atomic E-state index is 13.7. The minimum Gasteiger partial charge on any atom is -0.494 e. The van der Waals surface area contributed by atoms with Crippen LogP contribution in [-0.2, 0) is 11.2 Å². The number of anilines is 1. The average molecular weight is 488 g/mol. The smallest absolute Gasteiger partial charge is 0.303 e. The van der Waals surface area contributed by atoms with Gasteiger partial charge in [-0.3, -0.25) is 4.79 Å². The van der Waals surface area contributed by atoms with Gasteiger partial charge < -0.3 is 14.7 Å². The number of aliphatic carboxylic acids is 1. The van der Waals surface area contributed by atoms with Crippen LogP contribution in [0.2, 0.25) is 5.28 Å². The standard InChI is InChI=1S/C25H24ClF2N3O3/c1-31(24-20(14-29-25(26)30-24)16-5-8-21(27)22(28)12-16)9-2-10-34-18-6-7-19-15(11-18)3-4-17(19)13-23(32)33/h5-8,11-12,14,17H,2-4,9-10,13H2,1H3,(H,32,33)/t17-/m0/s1. The quantitative estimate of drug-likeness (QED) is 0.318. The Kier molecular flexibility index (Phi) is 7.26. The molecule has 1 aromatic heterocycles. The van der Waals surface area contributed by atoms with E-state index in [1.165, 1.54) is 12.3 Å². The molecule has 0 saturated carbocycles. The summed E-state index contributed by atoms with van der Waals surface area (Å²) < 4.78 is 33.0. The molecule has 0 saturated heterocycles. The Labute approximate surface area is 201 Å². The molecule has 0 radical (unpaired) electrons. The zero-order valence-electron chi connectivity index (χ0n) is 18.6. The fourth-order valence-corrected chi connectivity index (χ4v) is 4.43. The first-order valence-electron chi connectivity index (χ1n) is 11.0. The Morgan fingerprint density at radius 2 is 2.06 bits per heavy atom. The normalized spacial score (nSPS) is 14.6. The molecule has 1 aliphatic rings. The van der Waals surface area contributed by atoms with Gasteiger partial charge in [0.25, 0.3) is 0 Å². The Balaban J connectivity index is 1.37. The third kappa shape index (κ3) is 5.44. The fraction of sp³-hybridized carbons (Fsp3) is 0.320. The van der Waals surface area contributed by atoms with E-state index >= 15 is 0 Å². The summed E-state index contributed by atoms with van der Waals surface area (Å²) in [6, 6.07) is 9.49. The first-order chi connectivity index (χ1) is 16.3. The van der Waals surface area contributed by atoms with Crippen molar-refractivity contribution in [2.24, 2.45) is 0 Å².